The lowest BCUT2D eigenvalue weighted by molar-refractivity contribution is -0.640. The van der Waals surface area contributed by atoms with Gasteiger partial charge in [0.1, 0.15) is 0 Å². The quantitative estimate of drug-likeness (QED) is 0.297. The van der Waals surface area contributed by atoms with E-state index in [0.717, 1.165) is 36.8 Å². The first-order valence-corrected chi connectivity index (χ1v) is 11.2. The predicted octanol–water partition coefficient (Wildman–Crippen LogP) is 3.54. The van der Waals surface area contributed by atoms with Crippen molar-refractivity contribution in [2.45, 2.75) is 82.2 Å². The third kappa shape index (κ3) is 6.38. The molecule has 0 bridgehead atoms. The van der Waals surface area contributed by atoms with Gasteiger partial charge in [-0.25, -0.2) is 5.32 Å². The lowest BCUT2D eigenvalue weighted by Gasteiger charge is -2.09. The van der Waals surface area contributed by atoms with Gasteiger partial charge in [-0.05, 0) is 47.8 Å². The van der Waals surface area contributed by atoms with Crippen molar-refractivity contribution in [2.24, 2.45) is 5.92 Å². The number of carbonyl (C=O) groups is 2. The lowest BCUT2D eigenvalue weighted by Crippen LogP contribution is -2.57. The molecular weight excluding hydrogens is 394 g/mol. The largest absolute Gasteiger partial charge is 0.520 e. The molecule has 1 fully saturated rings. The summed E-state index contributed by atoms with van der Waals surface area (Å²) in [6.45, 7) is 4.10. The minimum absolute atomic E-state index is 0.0348. The standard InChI is InChI=1S/C19H27N5O4S/c1-13(2)9-10-15(25)17-24(18(26)21-14-7-5-3-4-6-8-14)22-19(28-17)29-11-16-20-12-27-23-16/h12-14H,3-11H2,1-2H3/p+1. The van der Waals surface area contributed by atoms with E-state index in [1.807, 2.05) is 13.8 Å². The highest BCUT2D eigenvalue weighted by molar-refractivity contribution is 7.98. The number of hydrogen-bond donors (Lipinski definition) is 1. The van der Waals surface area contributed by atoms with E-state index in [2.05, 4.69) is 20.6 Å². The second kappa shape index (κ2) is 10.5. The Morgan fingerprint density at radius 1 is 1.28 bits per heavy atom. The SMILES string of the molecule is CC(C)CCC(=O)c1oc(SCc2ncon2)n[n+]1C(=O)NC1CCCCCC1. The summed E-state index contributed by atoms with van der Waals surface area (Å²) in [6.07, 6.45) is 8.74. The maximum atomic E-state index is 12.9. The van der Waals surface area contributed by atoms with E-state index in [-0.39, 0.29) is 22.9 Å². The molecule has 158 valence electrons. The van der Waals surface area contributed by atoms with Crippen molar-refractivity contribution in [3.05, 3.63) is 18.1 Å². The van der Waals surface area contributed by atoms with Crippen LogP contribution >= 0.6 is 11.8 Å². The highest BCUT2D eigenvalue weighted by atomic mass is 32.2. The van der Waals surface area contributed by atoms with Gasteiger partial charge in [0.2, 0.25) is 12.2 Å². The van der Waals surface area contributed by atoms with Crippen LogP contribution in [-0.4, -0.2) is 33.1 Å². The molecule has 1 amide bonds. The van der Waals surface area contributed by atoms with E-state index >= 15 is 0 Å². The van der Waals surface area contributed by atoms with Gasteiger partial charge in [0.15, 0.2) is 5.82 Å². The second-order valence-electron chi connectivity index (χ2n) is 7.71. The van der Waals surface area contributed by atoms with E-state index in [4.69, 9.17) is 8.94 Å². The van der Waals surface area contributed by atoms with Gasteiger partial charge >= 0.3 is 11.9 Å². The maximum absolute atomic E-state index is 12.9. The fourth-order valence-corrected chi connectivity index (χ4v) is 3.87. The van der Waals surface area contributed by atoms with Crippen LogP contribution in [0.1, 0.15) is 81.7 Å². The van der Waals surface area contributed by atoms with Crippen molar-refractivity contribution in [2.75, 3.05) is 0 Å². The van der Waals surface area contributed by atoms with E-state index < -0.39 is 6.03 Å². The summed E-state index contributed by atoms with van der Waals surface area (Å²) in [7, 11) is 0. The number of rotatable bonds is 8. The summed E-state index contributed by atoms with van der Waals surface area (Å²) < 4.78 is 11.4. The average Bonchev–Trinajstić information content (AvgIpc) is 3.30. The molecular formula is C19H28N5O4S+. The van der Waals surface area contributed by atoms with Gasteiger partial charge in [0, 0.05) is 6.42 Å². The molecule has 0 radical (unpaired) electrons. The summed E-state index contributed by atoms with van der Waals surface area (Å²) >= 11 is 1.21. The number of thioether (sulfide) groups is 1. The lowest BCUT2D eigenvalue weighted by atomic mass is 10.1. The number of ketones is 1. The molecule has 1 aliphatic rings. The number of hydrogen-bond acceptors (Lipinski definition) is 8. The summed E-state index contributed by atoms with van der Waals surface area (Å²) in [5.41, 5.74) is 0. The fraction of sp³-hybridized carbons (Fsp3) is 0.684. The zero-order valence-corrected chi connectivity index (χ0v) is 17.7. The number of nitrogens with zero attached hydrogens (tertiary/aromatic N) is 4. The van der Waals surface area contributed by atoms with Gasteiger partial charge in [-0.1, -0.05) is 43.6 Å². The highest BCUT2D eigenvalue weighted by Gasteiger charge is 2.33. The first-order chi connectivity index (χ1) is 14.0. The monoisotopic (exact) mass is 422 g/mol. The first-order valence-electron chi connectivity index (χ1n) is 10.2. The molecule has 0 aromatic carbocycles. The molecule has 0 aliphatic heterocycles. The Kier molecular flexibility index (Phi) is 7.79. The normalized spacial score (nSPS) is 15.4. The summed E-state index contributed by atoms with van der Waals surface area (Å²) in [4.78, 5) is 29.5. The van der Waals surface area contributed by atoms with Gasteiger partial charge in [-0.2, -0.15) is 9.78 Å². The molecule has 0 atom stereocenters. The predicted molar refractivity (Wildman–Crippen MR) is 104 cm³/mol. The van der Waals surface area contributed by atoms with Crippen molar-refractivity contribution in [1.82, 2.24) is 20.6 Å². The molecule has 1 aliphatic carbocycles. The van der Waals surface area contributed by atoms with Crippen LogP contribution in [0, 0.1) is 5.92 Å². The zero-order chi connectivity index (χ0) is 20.6. The molecule has 1 N–H and O–H groups in total. The van der Waals surface area contributed by atoms with Crippen molar-refractivity contribution in [1.29, 1.82) is 0 Å². The van der Waals surface area contributed by atoms with Crippen molar-refractivity contribution in [3.8, 4) is 0 Å². The van der Waals surface area contributed by atoms with Crippen LogP contribution < -0.4 is 10.00 Å². The van der Waals surface area contributed by atoms with Crippen molar-refractivity contribution in [3.63, 3.8) is 0 Å². The van der Waals surface area contributed by atoms with Gasteiger partial charge in [0.05, 0.1) is 11.8 Å². The molecule has 0 saturated heterocycles. The number of aromatic nitrogens is 4. The Labute approximate surface area is 174 Å². The highest BCUT2D eigenvalue weighted by Crippen LogP contribution is 2.21. The van der Waals surface area contributed by atoms with Crippen LogP contribution in [0.5, 0.6) is 0 Å². The van der Waals surface area contributed by atoms with Crippen LogP contribution in [0.2, 0.25) is 0 Å². The topological polar surface area (TPSA) is 115 Å². The fourth-order valence-electron chi connectivity index (χ4n) is 3.21. The van der Waals surface area contributed by atoms with Crippen LogP contribution in [0.15, 0.2) is 20.6 Å². The second-order valence-corrected chi connectivity index (χ2v) is 8.64. The number of nitrogens with one attached hydrogen (secondary N) is 1. The summed E-state index contributed by atoms with van der Waals surface area (Å²) in [6, 6.07) is -0.316. The summed E-state index contributed by atoms with van der Waals surface area (Å²) in [5, 5.41) is 11.2. The molecule has 2 heterocycles. The minimum atomic E-state index is -0.417. The molecule has 9 nitrogen and oxygen atoms in total. The molecule has 10 heteroatoms. The van der Waals surface area contributed by atoms with Crippen molar-refractivity contribution < 1.29 is 23.2 Å². The number of amides is 1. The van der Waals surface area contributed by atoms with E-state index in [0.29, 0.717) is 23.9 Å². The van der Waals surface area contributed by atoms with Gasteiger partial charge in [-0.15, -0.1) is 0 Å². The maximum Gasteiger partial charge on any atom is 0.520 e. The van der Waals surface area contributed by atoms with Crippen LogP contribution in [0.25, 0.3) is 0 Å². The molecule has 2 aromatic rings. The molecule has 0 unspecified atom stereocenters. The zero-order valence-electron chi connectivity index (χ0n) is 16.9. The van der Waals surface area contributed by atoms with Crippen LogP contribution in [0.3, 0.4) is 0 Å². The smallest absolute Gasteiger partial charge is 0.390 e. The molecule has 2 aromatic heterocycles. The van der Waals surface area contributed by atoms with Gasteiger partial charge in [-0.3, -0.25) is 4.79 Å². The van der Waals surface area contributed by atoms with E-state index in [9.17, 15) is 9.59 Å². The first kappa shape index (κ1) is 21.5. The average molecular weight is 423 g/mol. The number of Topliss-reactive ketones (excluding diaryl/α,β-unsaturated/α-hetero) is 1. The molecule has 29 heavy (non-hydrogen) atoms. The van der Waals surface area contributed by atoms with Crippen LogP contribution in [-0.2, 0) is 5.75 Å². The Morgan fingerprint density at radius 2 is 2.03 bits per heavy atom. The third-order valence-corrected chi connectivity index (χ3v) is 5.67. The van der Waals surface area contributed by atoms with E-state index in [1.54, 1.807) is 0 Å². The molecule has 0 spiro atoms. The Bertz CT molecular complexity index is 798. The van der Waals surface area contributed by atoms with E-state index in [1.165, 1.54) is 31.0 Å². The van der Waals surface area contributed by atoms with Gasteiger partial charge in [0.25, 0.3) is 5.22 Å². The van der Waals surface area contributed by atoms with Crippen molar-refractivity contribution >= 4 is 23.6 Å². The van der Waals surface area contributed by atoms with Crippen LogP contribution in [0.4, 0.5) is 4.79 Å². The Morgan fingerprint density at radius 3 is 2.69 bits per heavy atom. The Balaban J connectivity index is 1.74. The summed E-state index contributed by atoms with van der Waals surface area (Å²) in [5.74, 6) is 0.958. The minimum Gasteiger partial charge on any atom is -0.390 e. The Hall–Kier alpha value is -2.23. The molecule has 1 saturated carbocycles. The van der Waals surface area contributed by atoms with Gasteiger partial charge < -0.3 is 8.94 Å². The number of carbonyl (C=O) groups excluding carboxylic acids is 2. The third-order valence-electron chi connectivity index (χ3n) is 4.85. The molecule has 3 rings (SSSR count).